The lowest BCUT2D eigenvalue weighted by Gasteiger charge is -2.18. The van der Waals surface area contributed by atoms with Gasteiger partial charge in [-0.2, -0.15) is 0 Å². The maximum Gasteiger partial charge on any atom is 0.293 e. The first kappa shape index (κ1) is 17.4. The third kappa shape index (κ3) is 4.44. The fraction of sp³-hybridized carbons (Fsp3) is 0.429. The number of likely N-dealkylation sites (N-methyl/N-ethyl adjacent to an activating group) is 1. The van der Waals surface area contributed by atoms with Crippen molar-refractivity contribution in [3.8, 4) is 0 Å². The zero-order valence-corrected chi connectivity index (χ0v) is 13.0. The Hall–Kier alpha value is -2.64. The summed E-state index contributed by atoms with van der Waals surface area (Å²) >= 11 is 0. The van der Waals surface area contributed by atoms with Gasteiger partial charge in [-0.3, -0.25) is 19.7 Å². The Kier molecular flexibility index (Phi) is 5.85. The summed E-state index contributed by atoms with van der Waals surface area (Å²) < 4.78 is 0. The van der Waals surface area contributed by atoms with Gasteiger partial charge < -0.3 is 15.5 Å². The number of carbonyl (C=O) groups excluding carboxylic acids is 2. The van der Waals surface area contributed by atoms with E-state index in [0.717, 1.165) is 0 Å². The molecule has 0 radical (unpaired) electrons. The average molecular weight is 308 g/mol. The number of nitrogens with zero attached hydrogens (tertiary/aromatic N) is 2. The zero-order valence-electron chi connectivity index (χ0n) is 13.0. The van der Waals surface area contributed by atoms with Gasteiger partial charge in [0.1, 0.15) is 5.69 Å². The van der Waals surface area contributed by atoms with Crippen LogP contribution in [0.5, 0.6) is 0 Å². The van der Waals surface area contributed by atoms with Crippen molar-refractivity contribution in [3.63, 3.8) is 0 Å². The minimum Gasteiger partial charge on any atom is -0.383 e. The van der Waals surface area contributed by atoms with Gasteiger partial charge in [-0.25, -0.2) is 0 Å². The fourth-order valence-electron chi connectivity index (χ4n) is 1.90. The van der Waals surface area contributed by atoms with Crippen molar-refractivity contribution in [1.29, 1.82) is 0 Å². The summed E-state index contributed by atoms with van der Waals surface area (Å²) in [6, 6.07) is 4.13. The number of nitro groups is 1. The third-order valence-corrected chi connectivity index (χ3v) is 2.89. The molecular weight excluding hydrogens is 288 g/mol. The van der Waals surface area contributed by atoms with E-state index in [0.29, 0.717) is 5.69 Å². The van der Waals surface area contributed by atoms with Gasteiger partial charge in [0, 0.05) is 31.8 Å². The van der Waals surface area contributed by atoms with Crippen molar-refractivity contribution in [3.05, 3.63) is 33.9 Å². The minimum absolute atomic E-state index is 0.0213. The molecule has 0 heterocycles. The first-order chi connectivity index (χ1) is 10.3. The Morgan fingerprint density at radius 1 is 1.36 bits per heavy atom. The summed E-state index contributed by atoms with van der Waals surface area (Å²) in [5.74, 6) is -0.739. The van der Waals surface area contributed by atoms with Gasteiger partial charge >= 0.3 is 0 Å². The minimum atomic E-state index is -0.561. The molecule has 2 N–H and O–H groups in total. The Balaban J connectivity index is 2.91. The van der Waals surface area contributed by atoms with Crippen molar-refractivity contribution in [2.24, 2.45) is 0 Å². The van der Waals surface area contributed by atoms with Crippen molar-refractivity contribution < 1.29 is 14.5 Å². The van der Waals surface area contributed by atoms with Gasteiger partial charge in [0.05, 0.1) is 11.5 Å². The predicted octanol–water partition coefficient (Wildman–Crippen LogP) is 1.23. The first-order valence-corrected chi connectivity index (χ1v) is 6.77. The third-order valence-electron chi connectivity index (χ3n) is 2.89. The van der Waals surface area contributed by atoms with Crippen LogP contribution in [-0.2, 0) is 4.79 Å². The van der Waals surface area contributed by atoms with Gasteiger partial charge in [0.25, 0.3) is 11.6 Å². The second-order valence-electron chi connectivity index (χ2n) is 5.12. The van der Waals surface area contributed by atoms with Crippen LogP contribution in [0.15, 0.2) is 18.2 Å². The van der Waals surface area contributed by atoms with Gasteiger partial charge in [-0.15, -0.1) is 0 Å². The van der Waals surface area contributed by atoms with Crippen LogP contribution in [0.3, 0.4) is 0 Å². The molecule has 0 aliphatic carbocycles. The topological polar surface area (TPSA) is 105 Å². The average Bonchev–Trinajstić information content (AvgIpc) is 2.44. The molecule has 0 bridgehead atoms. The number of rotatable bonds is 6. The van der Waals surface area contributed by atoms with E-state index >= 15 is 0 Å². The molecular formula is C14H20N4O4. The van der Waals surface area contributed by atoms with E-state index in [9.17, 15) is 19.7 Å². The summed E-state index contributed by atoms with van der Waals surface area (Å²) in [6.07, 6.45) is 0. The summed E-state index contributed by atoms with van der Waals surface area (Å²) in [5, 5.41) is 16.4. The van der Waals surface area contributed by atoms with Gasteiger partial charge in [-0.1, -0.05) is 0 Å². The second-order valence-corrected chi connectivity index (χ2v) is 5.12. The number of nitro benzene ring substituents is 1. The van der Waals surface area contributed by atoms with Crippen LogP contribution in [0, 0.1) is 10.1 Å². The molecule has 0 spiro atoms. The lowest BCUT2D eigenvalue weighted by atomic mass is 10.1. The molecule has 0 fully saturated rings. The molecule has 1 aromatic carbocycles. The van der Waals surface area contributed by atoms with Gasteiger partial charge in [0.2, 0.25) is 5.91 Å². The molecule has 0 aliphatic heterocycles. The number of amides is 2. The van der Waals surface area contributed by atoms with Crippen LogP contribution in [0.25, 0.3) is 0 Å². The smallest absolute Gasteiger partial charge is 0.293 e. The normalized spacial score (nSPS) is 10.2. The lowest BCUT2D eigenvalue weighted by molar-refractivity contribution is -0.384. The molecule has 8 heteroatoms. The van der Waals surface area contributed by atoms with Crippen LogP contribution in [0.4, 0.5) is 11.4 Å². The summed E-state index contributed by atoms with van der Waals surface area (Å²) in [4.78, 5) is 35.6. The predicted molar refractivity (Wildman–Crippen MR) is 82.9 cm³/mol. The second kappa shape index (κ2) is 7.39. The standard InChI is InChI=1S/C14H20N4O4/c1-9(2)16-13(19)8-17(4)14(20)10-5-6-11(15-3)12(7-10)18(21)22/h5-7,9,15H,8H2,1-4H3,(H,16,19). The number of anilines is 1. The highest BCUT2D eigenvalue weighted by Crippen LogP contribution is 2.25. The summed E-state index contributed by atoms with van der Waals surface area (Å²) in [6.45, 7) is 3.53. The molecule has 0 saturated carbocycles. The number of hydrogen-bond donors (Lipinski definition) is 2. The number of carbonyl (C=O) groups is 2. The van der Waals surface area contributed by atoms with Gasteiger partial charge in [-0.05, 0) is 26.0 Å². The molecule has 0 aromatic heterocycles. The lowest BCUT2D eigenvalue weighted by Crippen LogP contribution is -2.40. The molecule has 1 rings (SSSR count). The summed E-state index contributed by atoms with van der Waals surface area (Å²) in [7, 11) is 3.03. The van der Waals surface area contributed by atoms with Crippen molar-refractivity contribution in [2.45, 2.75) is 19.9 Å². The molecule has 0 saturated heterocycles. The van der Waals surface area contributed by atoms with Crippen LogP contribution in [0.1, 0.15) is 24.2 Å². The van der Waals surface area contributed by atoms with Crippen molar-refractivity contribution in [1.82, 2.24) is 10.2 Å². The molecule has 0 aliphatic rings. The number of nitrogens with one attached hydrogen (secondary N) is 2. The van der Waals surface area contributed by atoms with E-state index in [4.69, 9.17) is 0 Å². The van der Waals surface area contributed by atoms with Crippen LogP contribution < -0.4 is 10.6 Å². The summed E-state index contributed by atoms with van der Waals surface area (Å²) in [5.41, 5.74) is 0.292. The molecule has 0 unspecified atom stereocenters. The monoisotopic (exact) mass is 308 g/mol. The molecule has 8 nitrogen and oxygen atoms in total. The first-order valence-electron chi connectivity index (χ1n) is 6.77. The van der Waals surface area contributed by atoms with E-state index in [-0.39, 0.29) is 29.7 Å². The van der Waals surface area contributed by atoms with Crippen LogP contribution >= 0.6 is 0 Å². The van der Waals surface area contributed by atoms with E-state index in [1.807, 2.05) is 13.8 Å². The Bertz CT molecular complexity index is 586. The maximum atomic E-state index is 12.2. The highest BCUT2D eigenvalue weighted by molar-refractivity contribution is 5.97. The van der Waals surface area contributed by atoms with Crippen molar-refractivity contribution >= 4 is 23.2 Å². The van der Waals surface area contributed by atoms with Crippen LogP contribution in [0.2, 0.25) is 0 Å². The highest BCUT2D eigenvalue weighted by Gasteiger charge is 2.20. The van der Waals surface area contributed by atoms with Crippen molar-refractivity contribution in [2.75, 3.05) is 26.0 Å². The Morgan fingerprint density at radius 2 is 2.00 bits per heavy atom. The molecule has 1 aromatic rings. The van der Waals surface area contributed by atoms with E-state index < -0.39 is 10.8 Å². The van der Waals surface area contributed by atoms with Crippen LogP contribution in [-0.4, -0.2) is 48.3 Å². The fourth-order valence-corrected chi connectivity index (χ4v) is 1.90. The molecule has 22 heavy (non-hydrogen) atoms. The Labute approximate surface area is 128 Å². The Morgan fingerprint density at radius 3 is 2.50 bits per heavy atom. The number of benzene rings is 1. The quantitative estimate of drug-likeness (QED) is 0.607. The maximum absolute atomic E-state index is 12.2. The van der Waals surface area contributed by atoms with E-state index in [1.54, 1.807) is 7.05 Å². The van der Waals surface area contributed by atoms with E-state index in [1.165, 1.54) is 30.1 Å². The zero-order chi connectivity index (χ0) is 16.9. The molecule has 120 valence electrons. The molecule has 2 amide bonds. The highest BCUT2D eigenvalue weighted by atomic mass is 16.6. The van der Waals surface area contributed by atoms with E-state index in [2.05, 4.69) is 10.6 Å². The largest absolute Gasteiger partial charge is 0.383 e. The SMILES string of the molecule is CNc1ccc(C(=O)N(C)CC(=O)NC(C)C)cc1[N+](=O)[O-]. The molecule has 0 atom stereocenters. The van der Waals surface area contributed by atoms with Gasteiger partial charge in [0.15, 0.2) is 0 Å². The number of hydrogen-bond acceptors (Lipinski definition) is 5.